The van der Waals surface area contributed by atoms with Gasteiger partial charge in [-0.1, -0.05) is 48.2 Å². The second-order valence-electron chi connectivity index (χ2n) is 6.05. The summed E-state index contributed by atoms with van der Waals surface area (Å²) >= 11 is 1.59. The number of hydrogen-bond acceptors (Lipinski definition) is 4. The third kappa shape index (κ3) is 3.85. The monoisotopic (exact) mass is 374 g/mol. The van der Waals surface area contributed by atoms with Gasteiger partial charge in [-0.3, -0.25) is 4.79 Å². The van der Waals surface area contributed by atoms with Gasteiger partial charge in [0, 0.05) is 10.5 Å². The SMILES string of the molecule is Cc1nc2ccc(Sc3ccccc3)nn2c1CNC(=O)c1ccccc1. The van der Waals surface area contributed by atoms with Crippen LogP contribution in [0, 0.1) is 6.92 Å². The van der Waals surface area contributed by atoms with Crippen molar-refractivity contribution in [2.75, 3.05) is 0 Å². The van der Waals surface area contributed by atoms with Crippen molar-refractivity contribution in [1.82, 2.24) is 19.9 Å². The Morgan fingerprint density at radius 1 is 1.00 bits per heavy atom. The molecule has 6 heteroatoms. The number of nitrogens with one attached hydrogen (secondary N) is 1. The molecule has 1 N–H and O–H groups in total. The van der Waals surface area contributed by atoms with Gasteiger partial charge < -0.3 is 5.32 Å². The minimum Gasteiger partial charge on any atom is -0.346 e. The second kappa shape index (κ2) is 7.63. The van der Waals surface area contributed by atoms with Crippen LogP contribution in [0.25, 0.3) is 5.65 Å². The highest BCUT2D eigenvalue weighted by Gasteiger charge is 2.13. The van der Waals surface area contributed by atoms with Gasteiger partial charge in [0.25, 0.3) is 5.91 Å². The summed E-state index contributed by atoms with van der Waals surface area (Å²) in [5.74, 6) is -0.111. The normalized spacial score (nSPS) is 10.9. The maximum atomic E-state index is 12.3. The van der Waals surface area contributed by atoms with Crippen molar-refractivity contribution >= 4 is 23.3 Å². The summed E-state index contributed by atoms with van der Waals surface area (Å²) in [5, 5.41) is 8.54. The zero-order valence-electron chi connectivity index (χ0n) is 14.8. The molecular formula is C21H18N4OS. The van der Waals surface area contributed by atoms with E-state index in [0.29, 0.717) is 12.1 Å². The van der Waals surface area contributed by atoms with Crippen LogP contribution in [0.4, 0.5) is 0 Å². The van der Waals surface area contributed by atoms with Gasteiger partial charge in [0.05, 0.1) is 17.9 Å². The largest absolute Gasteiger partial charge is 0.346 e. The van der Waals surface area contributed by atoms with Crippen molar-refractivity contribution < 1.29 is 4.79 Å². The molecule has 0 aliphatic heterocycles. The number of carbonyl (C=O) groups is 1. The summed E-state index contributed by atoms with van der Waals surface area (Å²) in [7, 11) is 0. The van der Waals surface area contributed by atoms with Gasteiger partial charge in [-0.25, -0.2) is 9.50 Å². The van der Waals surface area contributed by atoms with Gasteiger partial charge in [0.15, 0.2) is 5.65 Å². The van der Waals surface area contributed by atoms with Crippen molar-refractivity contribution in [3.8, 4) is 0 Å². The molecule has 4 aromatic rings. The molecule has 0 fully saturated rings. The molecule has 0 aliphatic carbocycles. The highest BCUT2D eigenvalue weighted by Crippen LogP contribution is 2.26. The lowest BCUT2D eigenvalue weighted by Gasteiger charge is -2.07. The fourth-order valence-corrected chi connectivity index (χ4v) is 3.59. The zero-order chi connectivity index (χ0) is 18.6. The third-order valence-corrected chi connectivity index (χ3v) is 5.10. The minimum atomic E-state index is -0.111. The van der Waals surface area contributed by atoms with E-state index in [2.05, 4.69) is 22.4 Å². The summed E-state index contributed by atoms with van der Waals surface area (Å²) in [5.41, 5.74) is 3.15. The van der Waals surface area contributed by atoms with E-state index in [1.54, 1.807) is 23.9 Å². The van der Waals surface area contributed by atoms with Crippen LogP contribution in [0.2, 0.25) is 0 Å². The molecule has 0 saturated heterocycles. The molecule has 1 amide bonds. The number of benzene rings is 2. The summed E-state index contributed by atoms with van der Waals surface area (Å²) in [6, 6.07) is 23.2. The Bertz CT molecular complexity index is 1080. The molecule has 0 unspecified atom stereocenters. The zero-order valence-corrected chi connectivity index (χ0v) is 15.6. The van der Waals surface area contributed by atoms with Gasteiger partial charge in [0.1, 0.15) is 5.03 Å². The quantitative estimate of drug-likeness (QED) is 0.571. The Morgan fingerprint density at radius 2 is 1.70 bits per heavy atom. The van der Waals surface area contributed by atoms with Crippen LogP contribution in [-0.4, -0.2) is 20.5 Å². The van der Waals surface area contributed by atoms with Crippen molar-refractivity contribution in [2.24, 2.45) is 0 Å². The maximum Gasteiger partial charge on any atom is 0.251 e. The van der Waals surface area contributed by atoms with Crippen LogP contribution >= 0.6 is 11.8 Å². The van der Waals surface area contributed by atoms with E-state index in [1.807, 2.05) is 60.0 Å². The highest BCUT2D eigenvalue weighted by molar-refractivity contribution is 7.99. The van der Waals surface area contributed by atoms with Gasteiger partial charge in [-0.15, -0.1) is 0 Å². The van der Waals surface area contributed by atoms with E-state index in [-0.39, 0.29) is 5.91 Å². The number of fused-ring (bicyclic) bond motifs is 1. The second-order valence-corrected chi connectivity index (χ2v) is 7.14. The van der Waals surface area contributed by atoms with E-state index in [0.717, 1.165) is 27.0 Å². The molecule has 134 valence electrons. The molecule has 5 nitrogen and oxygen atoms in total. The lowest BCUT2D eigenvalue weighted by molar-refractivity contribution is 0.0950. The smallest absolute Gasteiger partial charge is 0.251 e. The van der Waals surface area contributed by atoms with Crippen LogP contribution in [0.3, 0.4) is 0 Å². The van der Waals surface area contributed by atoms with Crippen molar-refractivity contribution in [1.29, 1.82) is 0 Å². The number of aromatic nitrogens is 3. The molecule has 0 aliphatic rings. The fraction of sp³-hybridized carbons (Fsp3) is 0.0952. The predicted octanol–water partition coefficient (Wildman–Crippen LogP) is 4.12. The molecule has 2 aromatic carbocycles. The van der Waals surface area contributed by atoms with Crippen LogP contribution in [-0.2, 0) is 6.54 Å². The average Bonchev–Trinajstić information content (AvgIpc) is 3.02. The third-order valence-electron chi connectivity index (χ3n) is 4.16. The van der Waals surface area contributed by atoms with Crippen molar-refractivity contribution in [2.45, 2.75) is 23.4 Å². The summed E-state index contributed by atoms with van der Waals surface area (Å²) in [6.07, 6.45) is 0. The Labute approximate surface area is 161 Å². The first-order chi connectivity index (χ1) is 13.2. The Morgan fingerprint density at radius 3 is 2.44 bits per heavy atom. The first kappa shape index (κ1) is 17.3. The van der Waals surface area contributed by atoms with Crippen molar-refractivity contribution in [3.63, 3.8) is 0 Å². The Hall–Kier alpha value is -3.12. The molecular weight excluding hydrogens is 356 g/mol. The molecule has 0 atom stereocenters. The molecule has 4 rings (SSSR count). The van der Waals surface area contributed by atoms with E-state index >= 15 is 0 Å². The molecule has 0 radical (unpaired) electrons. The standard InChI is InChI=1S/C21H18N4OS/c1-15-18(14-22-21(26)16-8-4-2-5-9-16)25-19(23-15)12-13-20(24-25)27-17-10-6-3-7-11-17/h2-13H,14H2,1H3,(H,22,26). The molecule has 0 saturated carbocycles. The molecule has 0 spiro atoms. The average molecular weight is 374 g/mol. The van der Waals surface area contributed by atoms with Crippen molar-refractivity contribution in [3.05, 3.63) is 89.7 Å². The summed E-state index contributed by atoms with van der Waals surface area (Å²) < 4.78 is 1.81. The van der Waals surface area contributed by atoms with Crippen LogP contribution in [0.5, 0.6) is 0 Å². The maximum absolute atomic E-state index is 12.3. The number of imidazole rings is 1. The van der Waals surface area contributed by atoms with Crippen LogP contribution < -0.4 is 5.32 Å². The molecule has 2 aromatic heterocycles. The number of nitrogens with zero attached hydrogens (tertiary/aromatic N) is 3. The summed E-state index contributed by atoms with van der Waals surface area (Å²) in [4.78, 5) is 18.0. The van der Waals surface area contributed by atoms with E-state index in [1.165, 1.54) is 0 Å². The predicted molar refractivity (Wildman–Crippen MR) is 106 cm³/mol. The van der Waals surface area contributed by atoms with E-state index < -0.39 is 0 Å². The topological polar surface area (TPSA) is 59.3 Å². The molecule has 2 heterocycles. The number of carbonyl (C=O) groups excluding carboxylic acids is 1. The molecule has 27 heavy (non-hydrogen) atoms. The van der Waals surface area contributed by atoms with Crippen LogP contribution in [0.15, 0.2) is 82.7 Å². The van der Waals surface area contributed by atoms with E-state index in [4.69, 9.17) is 5.10 Å². The fourth-order valence-electron chi connectivity index (χ4n) is 2.79. The highest BCUT2D eigenvalue weighted by atomic mass is 32.2. The minimum absolute atomic E-state index is 0.111. The van der Waals surface area contributed by atoms with Gasteiger partial charge in [-0.05, 0) is 43.3 Å². The van der Waals surface area contributed by atoms with Gasteiger partial charge >= 0.3 is 0 Å². The Kier molecular flexibility index (Phi) is 4.89. The van der Waals surface area contributed by atoms with Gasteiger partial charge in [0.2, 0.25) is 0 Å². The lowest BCUT2D eigenvalue weighted by Crippen LogP contribution is -2.24. The van der Waals surface area contributed by atoms with Gasteiger partial charge in [-0.2, -0.15) is 5.10 Å². The molecule has 0 bridgehead atoms. The first-order valence-electron chi connectivity index (χ1n) is 8.62. The summed E-state index contributed by atoms with van der Waals surface area (Å²) in [6.45, 7) is 2.30. The number of amides is 1. The number of hydrogen-bond donors (Lipinski definition) is 1. The Balaban J connectivity index is 1.57. The number of aryl methyl sites for hydroxylation is 1. The van der Waals surface area contributed by atoms with Crippen LogP contribution in [0.1, 0.15) is 21.7 Å². The number of rotatable bonds is 5. The lowest BCUT2D eigenvalue weighted by atomic mass is 10.2. The first-order valence-corrected chi connectivity index (χ1v) is 9.44. The van der Waals surface area contributed by atoms with E-state index in [9.17, 15) is 4.79 Å².